The molecule has 8 heteroatoms. The molecule has 5 rings (SSSR count). The van der Waals surface area contributed by atoms with Gasteiger partial charge >= 0.3 is 0 Å². The van der Waals surface area contributed by atoms with Gasteiger partial charge in [0.25, 0.3) is 5.91 Å². The van der Waals surface area contributed by atoms with E-state index in [0.29, 0.717) is 43.3 Å². The van der Waals surface area contributed by atoms with Crippen molar-refractivity contribution in [1.82, 2.24) is 10.2 Å². The number of amides is 3. The van der Waals surface area contributed by atoms with Crippen molar-refractivity contribution in [3.63, 3.8) is 0 Å². The molecule has 3 aliphatic rings. The third kappa shape index (κ3) is 6.98. The Kier molecular flexibility index (Phi) is 8.81. The molecule has 2 aromatic rings. The lowest BCUT2D eigenvalue weighted by atomic mass is 9.91. The van der Waals surface area contributed by atoms with Crippen molar-refractivity contribution in [2.24, 2.45) is 11.7 Å². The van der Waals surface area contributed by atoms with Crippen molar-refractivity contribution < 1.29 is 14.4 Å². The summed E-state index contributed by atoms with van der Waals surface area (Å²) >= 11 is 0. The zero-order valence-electron chi connectivity index (χ0n) is 22.7. The molecule has 2 aliphatic carbocycles. The fourth-order valence-electron chi connectivity index (χ4n) is 6.16. The maximum absolute atomic E-state index is 13.1. The fraction of sp³-hybridized carbons (Fsp3) is 0.516. The highest BCUT2D eigenvalue weighted by molar-refractivity contribution is 6.00. The molecule has 39 heavy (non-hydrogen) atoms. The monoisotopic (exact) mass is 531 g/mol. The van der Waals surface area contributed by atoms with Crippen LogP contribution < -0.4 is 21.3 Å². The first kappa shape index (κ1) is 27.2. The van der Waals surface area contributed by atoms with Crippen LogP contribution in [0.25, 0.3) is 0 Å². The number of nitrogens with zero attached hydrogens (tertiary/aromatic N) is 2. The number of hydrogen-bond donors (Lipinski definition) is 3. The topological polar surface area (TPSA) is 108 Å². The quantitative estimate of drug-likeness (QED) is 0.505. The molecule has 3 fully saturated rings. The Morgan fingerprint density at radius 2 is 1.54 bits per heavy atom. The van der Waals surface area contributed by atoms with Gasteiger partial charge in [-0.05, 0) is 62.3 Å². The van der Waals surface area contributed by atoms with Crippen LogP contribution in [0.2, 0.25) is 0 Å². The number of piperazine rings is 1. The summed E-state index contributed by atoms with van der Waals surface area (Å²) in [5, 5.41) is 6.24. The van der Waals surface area contributed by atoms with E-state index in [-0.39, 0.29) is 36.2 Å². The van der Waals surface area contributed by atoms with Gasteiger partial charge in [-0.3, -0.25) is 14.4 Å². The second-order valence-corrected chi connectivity index (χ2v) is 11.3. The van der Waals surface area contributed by atoms with E-state index in [1.165, 1.54) is 0 Å². The Morgan fingerprint density at radius 1 is 0.846 bits per heavy atom. The Bertz CT molecular complexity index is 1150. The standard InChI is InChI=1S/C31H41N5O3/c32-25-11-13-26(14-12-25)33-30(38)24-10-15-28(27(21-24)34-29(37)20-22-6-2-1-3-7-22)35-16-18-36(19-17-35)31(39)23-8-4-5-9-23/h1-3,6-7,10,15,21,23,25-26H,4-5,8-9,11-14,16-20,32H2,(H,33,38)(H,34,37). The van der Waals surface area contributed by atoms with Gasteiger partial charge < -0.3 is 26.2 Å². The second kappa shape index (κ2) is 12.6. The SMILES string of the molecule is NC1CCC(NC(=O)c2ccc(N3CCN(C(=O)C4CCCC4)CC3)c(NC(=O)Cc3ccccc3)c2)CC1. The lowest BCUT2D eigenvalue weighted by Crippen LogP contribution is -2.50. The van der Waals surface area contributed by atoms with E-state index >= 15 is 0 Å². The molecule has 0 aromatic heterocycles. The van der Waals surface area contributed by atoms with Gasteiger partial charge in [0.15, 0.2) is 0 Å². The van der Waals surface area contributed by atoms with Crippen LogP contribution in [0.15, 0.2) is 48.5 Å². The van der Waals surface area contributed by atoms with Crippen molar-refractivity contribution in [2.45, 2.75) is 69.9 Å². The Balaban J connectivity index is 1.29. The molecule has 1 saturated heterocycles. The molecule has 1 heterocycles. The lowest BCUT2D eigenvalue weighted by Gasteiger charge is -2.38. The van der Waals surface area contributed by atoms with Crippen molar-refractivity contribution >= 4 is 29.1 Å². The maximum atomic E-state index is 13.1. The van der Waals surface area contributed by atoms with E-state index in [1.807, 2.05) is 47.4 Å². The van der Waals surface area contributed by atoms with Gasteiger partial charge in [0, 0.05) is 49.7 Å². The molecule has 0 radical (unpaired) electrons. The van der Waals surface area contributed by atoms with Gasteiger partial charge in [-0.15, -0.1) is 0 Å². The zero-order valence-corrected chi connectivity index (χ0v) is 22.7. The number of rotatable bonds is 7. The summed E-state index contributed by atoms with van der Waals surface area (Å²) in [6.07, 6.45) is 8.17. The summed E-state index contributed by atoms with van der Waals surface area (Å²) in [5.41, 5.74) is 8.99. The predicted molar refractivity (Wildman–Crippen MR) is 154 cm³/mol. The van der Waals surface area contributed by atoms with E-state index < -0.39 is 0 Å². The fourth-order valence-corrected chi connectivity index (χ4v) is 6.16. The van der Waals surface area contributed by atoms with Gasteiger partial charge in [0.2, 0.25) is 11.8 Å². The smallest absolute Gasteiger partial charge is 0.251 e. The van der Waals surface area contributed by atoms with Crippen molar-refractivity contribution in [3.8, 4) is 0 Å². The summed E-state index contributed by atoms with van der Waals surface area (Å²) in [7, 11) is 0. The van der Waals surface area contributed by atoms with Crippen LogP contribution in [-0.4, -0.2) is 60.9 Å². The van der Waals surface area contributed by atoms with E-state index in [0.717, 1.165) is 62.6 Å². The van der Waals surface area contributed by atoms with Crippen LogP contribution in [0, 0.1) is 5.92 Å². The highest BCUT2D eigenvalue weighted by Crippen LogP contribution is 2.31. The number of carbonyl (C=O) groups excluding carboxylic acids is 3. The molecule has 8 nitrogen and oxygen atoms in total. The van der Waals surface area contributed by atoms with Gasteiger partial charge in [-0.2, -0.15) is 0 Å². The van der Waals surface area contributed by atoms with Crippen LogP contribution in [0.1, 0.15) is 67.3 Å². The van der Waals surface area contributed by atoms with Crippen molar-refractivity contribution in [1.29, 1.82) is 0 Å². The normalized spacial score (nSPS) is 22.0. The highest BCUT2D eigenvalue weighted by Gasteiger charge is 2.30. The van der Waals surface area contributed by atoms with Gasteiger partial charge in [0.1, 0.15) is 0 Å². The largest absolute Gasteiger partial charge is 0.366 e. The zero-order chi connectivity index (χ0) is 27.2. The third-order valence-electron chi connectivity index (χ3n) is 8.48. The lowest BCUT2D eigenvalue weighted by molar-refractivity contribution is -0.135. The molecule has 2 saturated carbocycles. The van der Waals surface area contributed by atoms with Gasteiger partial charge in [0.05, 0.1) is 17.8 Å². The van der Waals surface area contributed by atoms with Crippen molar-refractivity contribution in [3.05, 3.63) is 59.7 Å². The maximum Gasteiger partial charge on any atom is 0.251 e. The molecule has 208 valence electrons. The molecule has 0 bridgehead atoms. The van der Waals surface area contributed by atoms with E-state index in [2.05, 4.69) is 15.5 Å². The van der Waals surface area contributed by atoms with Crippen LogP contribution in [0.4, 0.5) is 11.4 Å². The van der Waals surface area contributed by atoms with Crippen LogP contribution in [0.3, 0.4) is 0 Å². The minimum atomic E-state index is -0.132. The number of hydrogen-bond acceptors (Lipinski definition) is 5. The van der Waals surface area contributed by atoms with Crippen LogP contribution in [0.5, 0.6) is 0 Å². The molecule has 4 N–H and O–H groups in total. The molecule has 0 unspecified atom stereocenters. The van der Waals surface area contributed by atoms with Gasteiger partial charge in [-0.1, -0.05) is 43.2 Å². The number of carbonyl (C=O) groups is 3. The predicted octanol–water partition coefficient (Wildman–Crippen LogP) is 3.71. The summed E-state index contributed by atoms with van der Waals surface area (Å²) < 4.78 is 0. The molecule has 2 aromatic carbocycles. The Morgan fingerprint density at radius 3 is 2.23 bits per heavy atom. The number of anilines is 2. The third-order valence-corrected chi connectivity index (χ3v) is 8.48. The average molecular weight is 532 g/mol. The molecule has 0 atom stereocenters. The number of benzene rings is 2. The first-order valence-corrected chi connectivity index (χ1v) is 14.5. The summed E-state index contributed by atoms with van der Waals surface area (Å²) in [5.74, 6) is 0.213. The summed E-state index contributed by atoms with van der Waals surface area (Å²) in [6.45, 7) is 2.71. The van der Waals surface area contributed by atoms with Crippen LogP contribution in [-0.2, 0) is 16.0 Å². The second-order valence-electron chi connectivity index (χ2n) is 11.3. The van der Waals surface area contributed by atoms with E-state index in [4.69, 9.17) is 5.73 Å². The highest BCUT2D eigenvalue weighted by atomic mass is 16.2. The molecule has 0 spiro atoms. The first-order chi connectivity index (χ1) is 19.0. The van der Waals surface area contributed by atoms with Crippen LogP contribution >= 0.6 is 0 Å². The number of nitrogens with one attached hydrogen (secondary N) is 2. The van der Waals surface area contributed by atoms with E-state index in [9.17, 15) is 14.4 Å². The molecule has 3 amide bonds. The minimum Gasteiger partial charge on any atom is -0.366 e. The Labute approximate surface area is 231 Å². The molecular formula is C31H41N5O3. The Hall–Kier alpha value is -3.39. The average Bonchev–Trinajstić information content (AvgIpc) is 3.50. The first-order valence-electron chi connectivity index (χ1n) is 14.5. The summed E-state index contributed by atoms with van der Waals surface area (Å²) in [4.78, 5) is 43.3. The van der Waals surface area contributed by atoms with E-state index in [1.54, 1.807) is 6.07 Å². The van der Waals surface area contributed by atoms with Crippen molar-refractivity contribution in [2.75, 3.05) is 36.4 Å². The summed E-state index contributed by atoms with van der Waals surface area (Å²) in [6, 6.07) is 15.5. The number of nitrogens with two attached hydrogens (primary N) is 1. The molecule has 1 aliphatic heterocycles. The minimum absolute atomic E-state index is 0.124. The van der Waals surface area contributed by atoms with Gasteiger partial charge in [-0.25, -0.2) is 0 Å². The molecular weight excluding hydrogens is 490 g/mol.